The maximum absolute atomic E-state index is 10.5. The number of carboxylic acids is 1. The summed E-state index contributed by atoms with van der Waals surface area (Å²) in [6.07, 6.45) is 0.447. The van der Waals surface area contributed by atoms with E-state index in [1.807, 2.05) is 13.8 Å². The van der Waals surface area contributed by atoms with E-state index in [9.17, 15) is 4.79 Å². The first-order valence-corrected chi connectivity index (χ1v) is 3.96. The zero-order valence-electron chi connectivity index (χ0n) is 6.42. The van der Waals surface area contributed by atoms with Crippen LogP contribution < -0.4 is 0 Å². The molecule has 0 rings (SSSR count). The lowest BCUT2D eigenvalue weighted by Crippen LogP contribution is -2.30. The van der Waals surface area contributed by atoms with Crippen LogP contribution in [-0.2, 0) is 4.79 Å². The van der Waals surface area contributed by atoms with Crippen LogP contribution in [0.25, 0.3) is 0 Å². The number of hydrogen-bond donors (Lipinski definition) is 1. The van der Waals surface area contributed by atoms with E-state index in [0.29, 0.717) is 10.4 Å². The zero-order valence-corrected chi connectivity index (χ0v) is 7.93. The molecule has 0 amide bonds. The summed E-state index contributed by atoms with van der Waals surface area (Å²) in [5, 5.41) is 8.58. The molecule has 0 radical (unpaired) electrons. The molecular weight excluding hydrogens is 189 g/mol. The summed E-state index contributed by atoms with van der Waals surface area (Å²) in [6, 6.07) is -0.807. The summed E-state index contributed by atoms with van der Waals surface area (Å²) in [6.45, 7) is 3.82. The molecule has 0 aromatic rings. The Hall–Kier alpha value is 0.01000. The minimum Gasteiger partial charge on any atom is -0.480 e. The van der Waals surface area contributed by atoms with E-state index in [4.69, 9.17) is 28.7 Å². The van der Waals surface area contributed by atoms with Gasteiger partial charge in [-0.3, -0.25) is 4.79 Å². The fourth-order valence-corrected chi connectivity index (χ4v) is 1.04. The number of aliphatic carboxylic acids is 1. The molecular formula is C6H11Cl2NO2. The van der Waals surface area contributed by atoms with Crippen molar-refractivity contribution in [2.75, 3.05) is 0 Å². The van der Waals surface area contributed by atoms with Crippen LogP contribution in [0.2, 0.25) is 0 Å². The number of halogens is 2. The van der Waals surface area contributed by atoms with Gasteiger partial charge in [0.2, 0.25) is 0 Å². The van der Waals surface area contributed by atoms with Crippen LogP contribution in [0.3, 0.4) is 0 Å². The fourth-order valence-electron chi connectivity index (χ4n) is 0.711. The van der Waals surface area contributed by atoms with Gasteiger partial charge in [0, 0.05) is 0 Å². The van der Waals surface area contributed by atoms with Crippen molar-refractivity contribution in [3.8, 4) is 0 Å². The second-order valence-corrected chi connectivity index (χ2v) is 3.64. The largest absolute Gasteiger partial charge is 0.480 e. The first-order chi connectivity index (χ1) is 4.95. The predicted molar refractivity (Wildman–Crippen MR) is 44.4 cm³/mol. The molecule has 0 aliphatic rings. The molecule has 5 heteroatoms. The number of nitrogens with zero attached hydrogens (tertiary/aromatic N) is 1. The van der Waals surface area contributed by atoms with Gasteiger partial charge in [0.05, 0.1) is 0 Å². The van der Waals surface area contributed by atoms with Gasteiger partial charge in [-0.1, -0.05) is 13.8 Å². The third-order valence-electron chi connectivity index (χ3n) is 1.22. The summed E-state index contributed by atoms with van der Waals surface area (Å²) in [7, 11) is 0. The van der Waals surface area contributed by atoms with Gasteiger partial charge in [-0.25, -0.2) is 0 Å². The molecule has 0 heterocycles. The van der Waals surface area contributed by atoms with Gasteiger partial charge in [0.1, 0.15) is 6.04 Å². The van der Waals surface area contributed by atoms with Crippen LogP contribution in [0.5, 0.6) is 0 Å². The van der Waals surface area contributed by atoms with Crippen molar-refractivity contribution in [2.45, 2.75) is 26.3 Å². The predicted octanol–water partition coefficient (Wildman–Crippen LogP) is 2.10. The molecule has 11 heavy (non-hydrogen) atoms. The number of hydrogen-bond acceptors (Lipinski definition) is 2. The van der Waals surface area contributed by atoms with E-state index in [0.717, 1.165) is 0 Å². The molecule has 0 fully saturated rings. The van der Waals surface area contributed by atoms with Gasteiger partial charge in [-0.05, 0) is 35.9 Å². The lowest BCUT2D eigenvalue weighted by atomic mass is 10.1. The summed E-state index contributed by atoms with van der Waals surface area (Å²) in [5.74, 6) is -0.736. The van der Waals surface area contributed by atoms with E-state index in [1.165, 1.54) is 0 Å². The Labute approximate surface area is 76.1 Å². The quantitative estimate of drug-likeness (QED) is 0.706. The molecule has 0 bridgehead atoms. The number of rotatable bonds is 4. The monoisotopic (exact) mass is 199 g/mol. The van der Waals surface area contributed by atoms with Gasteiger partial charge >= 0.3 is 5.97 Å². The maximum atomic E-state index is 10.5. The van der Waals surface area contributed by atoms with Crippen molar-refractivity contribution >= 4 is 29.5 Å². The smallest absolute Gasteiger partial charge is 0.323 e. The highest BCUT2D eigenvalue weighted by atomic mass is 35.5. The van der Waals surface area contributed by atoms with E-state index in [2.05, 4.69) is 0 Å². The highest BCUT2D eigenvalue weighted by Gasteiger charge is 2.23. The molecule has 66 valence electrons. The topological polar surface area (TPSA) is 40.5 Å². The molecule has 0 aromatic carbocycles. The Morgan fingerprint density at radius 2 is 2.00 bits per heavy atom. The molecule has 0 saturated carbocycles. The van der Waals surface area contributed by atoms with Crippen LogP contribution in [0.4, 0.5) is 0 Å². The highest BCUT2D eigenvalue weighted by molar-refractivity contribution is 6.34. The van der Waals surface area contributed by atoms with Crippen LogP contribution in [-0.4, -0.2) is 21.1 Å². The van der Waals surface area contributed by atoms with Crippen molar-refractivity contribution in [3.05, 3.63) is 0 Å². The zero-order chi connectivity index (χ0) is 9.02. The van der Waals surface area contributed by atoms with Gasteiger partial charge in [-0.2, -0.15) is 0 Å². The van der Waals surface area contributed by atoms with Crippen molar-refractivity contribution in [1.29, 1.82) is 0 Å². The minimum atomic E-state index is -0.997. The molecule has 0 saturated heterocycles. The highest BCUT2D eigenvalue weighted by Crippen LogP contribution is 2.15. The van der Waals surface area contributed by atoms with Crippen molar-refractivity contribution in [3.63, 3.8) is 0 Å². The Morgan fingerprint density at radius 3 is 2.09 bits per heavy atom. The average Bonchev–Trinajstić information content (AvgIpc) is 1.81. The van der Waals surface area contributed by atoms with Crippen molar-refractivity contribution < 1.29 is 9.90 Å². The maximum Gasteiger partial charge on any atom is 0.323 e. The minimum absolute atomic E-state index is 0.260. The third kappa shape index (κ3) is 4.45. The molecule has 0 spiro atoms. The summed E-state index contributed by atoms with van der Waals surface area (Å²) < 4.78 is 0.683. The lowest BCUT2D eigenvalue weighted by molar-refractivity contribution is -0.140. The normalized spacial score (nSPS) is 14.0. The Morgan fingerprint density at radius 1 is 1.55 bits per heavy atom. The lowest BCUT2D eigenvalue weighted by Gasteiger charge is -2.16. The first-order valence-electron chi connectivity index (χ1n) is 3.28. The number of carboxylic acid groups (broad SMARTS) is 1. The van der Waals surface area contributed by atoms with E-state index >= 15 is 0 Å². The van der Waals surface area contributed by atoms with Gasteiger partial charge in [0.25, 0.3) is 0 Å². The molecule has 0 aliphatic heterocycles. The molecule has 0 unspecified atom stereocenters. The van der Waals surface area contributed by atoms with Crippen LogP contribution >= 0.6 is 23.6 Å². The molecule has 0 aromatic heterocycles. The van der Waals surface area contributed by atoms with Gasteiger partial charge in [-0.15, -0.1) is 3.94 Å². The van der Waals surface area contributed by atoms with Gasteiger partial charge < -0.3 is 5.11 Å². The number of carbonyl (C=O) groups is 1. The summed E-state index contributed by atoms with van der Waals surface area (Å²) in [5.41, 5.74) is 0. The fraction of sp³-hybridized carbons (Fsp3) is 0.833. The molecule has 0 aliphatic carbocycles. The van der Waals surface area contributed by atoms with Crippen LogP contribution in [0, 0.1) is 5.92 Å². The molecule has 1 atom stereocenters. The standard InChI is InChI=1S/C6H11Cl2NO2/c1-4(2)3-5(6(10)11)9(7)8/h4-5H,3H2,1-2H3,(H,10,11)/t5-/m0/s1. The second kappa shape index (κ2) is 4.80. The van der Waals surface area contributed by atoms with Gasteiger partial charge in [0.15, 0.2) is 0 Å². The Kier molecular flexibility index (Phi) is 4.81. The average molecular weight is 200 g/mol. The Balaban J connectivity index is 4.01. The third-order valence-corrected chi connectivity index (χ3v) is 1.69. The van der Waals surface area contributed by atoms with Crippen molar-refractivity contribution in [2.24, 2.45) is 5.92 Å². The van der Waals surface area contributed by atoms with E-state index < -0.39 is 12.0 Å². The SMILES string of the molecule is CC(C)C[C@@H](C(=O)O)N(Cl)Cl. The molecule has 3 nitrogen and oxygen atoms in total. The summed E-state index contributed by atoms with van der Waals surface area (Å²) >= 11 is 10.6. The first kappa shape index (κ1) is 11.0. The van der Waals surface area contributed by atoms with E-state index in [1.54, 1.807) is 0 Å². The van der Waals surface area contributed by atoms with E-state index in [-0.39, 0.29) is 5.92 Å². The van der Waals surface area contributed by atoms with Crippen LogP contribution in [0.15, 0.2) is 0 Å². The second-order valence-electron chi connectivity index (χ2n) is 2.74. The van der Waals surface area contributed by atoms with Crippen molar-refractivity contribution in [1.82, 2.24) is 3.94 Å². The Bertz CT molecular complexity index is 139. The summed E-state index contributed by atoms with van der Waals surface area (Å²) in [4.78, 5) is 10.5. The van der Waals surface area contributed by atoms with Crippen LogP contribution in [0.1, 0.15) is 20.3 Å². The molecule has 1 N–H and O–H groups in total.